The Morgan fingerprint density at radius 3 is 2.73 bits per heavy atom. The van der Waals surface area contributed by atoms with E-state index in [0.717, 1.165) is 31.7 Å². The Morgan fingerprint density at radius 2 is 2.05 bits per heavy atom. The van der Waals surface area contributed by atoms with Gasteiger partial charge in [0.25, 0.3) is 0 Å². The molecule has 2 fully saturated rings. The van der Waals surface area contributed by atoms with Crippen LogP contribution in [-0.4, -0.2) is 50.5 Å². The molecule has 2 saturated heterocycles. The quantitative estimate of drug-likeness (QED) is 0.726. The number of ether oxygens (including phenoxy) is 2. The van der Waals surface area contributed by atoms with E-state index < -0.39 is 0 Å². The molecule has 0 amide bonds. The molecule has 3 atom stereocenters. The van der Waals surface area contributed by atoms with Gasteiger partial charge in [0, 0.05) is 32.2 Å². The van der Waals surface area contributed by atoms with Gasteiger partial charge < -0.3 is 14.4 Å². The first-order valence-corrected chi connectivity index (χ1v) is 9.30. The van der Waals surface area contributed by atoms with Crippen LogP contribution >= 0.6 is 0 Å². The van der Waals surface area contributed by atoms with Crippen LogP contribution in [0.1, 0.15) is 46.0 Å². The van der Waals surface area contributed by atoms with Gasteiger partial charge in [-0.25, -0.2) is 0 Å². The van der Waals surface area contributed by atoms with E-state index >= 15 is 0 Å². The molecule has 0 aromatic heterocycles. The highest BCUT2D eigenvalue weighted by molar-refractivity contribution is 5.09. The molecular weight excluding hydrogens is 274 g/mol. The van der Waals surface area contributed by atoms with Crippen LogP contribution in [-0.2, 0) is 9.47 Å². The summed E-state index contributed by atoms with van der Waals surface area (Å²) in [6.45, 7) is 11.2. The van der Waals surface area contributed by atoms with Crippen molar-refractivity contribution in [2.75, 3.05) is 39.5 Å². The van der Waals surface area contributed by atoms with Crippen molar-refractivity contribution >= 4 is 0 Å². The van der Waals surface area contributed by atoms with Crippen LogP contribution in [0.3, 0.4) is 0 Å². The minimum absolute atomic E-state index is 0.484. The number of rotatable bonds is 5. The van der Waals surface area contributed by atoms with Crippen molar-refractivity contribution in [3.8, 4) is 0 Å². The maximum Gasteiger partial charge on any atom is 0.0599 e. The number of piperidine rings is 1. The van der Waals surface area contributed by atoms with Gasteiger partial charge in [-0.15, -0.1) is 0 Å². The van der Waals surface area contributed by atoms with Gasteiger partial charge in [0.15, 0.2) is 0 Å². The zero-order valence-electron chi connectivity index (χ0n) is 14.4. The van der Waals surface area contributed by atoms with Crippen LogP contribution in [0.2, 0.25) is 0 Å². The number of allylic oxidation sites excluding steroid dienone is 1. The molecule has 126 valence electrons. The Kier molecular flexibility index (Phi) is 5.95. The molecule has 3 aliphatic rings. The van der Waals surface area contributed by atoms with E-state index in [1.54, 1.807) is 5.57 Å². The van der Waals surface area contributed by atoms with Crippen molar-refractivity contribution in [3.05, 3.63) is 11.6 Å². The zero-order valence-corrected chi connectivity index (χ0v) is 14.4. The molecule has 0 bridgehead atoms. The van der Waals surface area contributed by atoms with E-state index in [2.05, 4.69) is 24.8 Å². The fourth-order valence-electron chi connectivity index (χ4n) is 4.22. The van der Waals surface area contributed by atoms with Crippen LogP contribution in [0.25, 0.3) is 0 Å². The summed E-state index contributed by atoms with van der Waals surface area (Å²) in [6.07, 6.45) is 9.19. The maximum absolute atomic E-state index is 6.13. The number of hydrogen-bond acceptors (Lipinski definition) is 3. The smallest absolute Gasteiger partial charge is 0.0599 e. The monoisotopic (exact) mass is 307 g/mol. The van der Waals surface area contributed by atoms with Gasteiger partial charge in [0.05, 0.1) is 19.3 Å². The summed E-state index contributed by atoms with van der Waals surface area (Å²) in [6, 6.07) is 0. The summed E-state index contributed by atoms with van der Waals surface area (Å²) in [5.74, 6) is 2.28. The molecule has 1 aliphatic carbocycles. The van der Waals surface area contributed by atoms with Gasteiger partial charge in [-0.05, 0) is 50.9 Å². The molecule has 3 rings (SSSR count). The lowest BCUT2D eigenvalue weighted by Gasteiger charge is -2.37. The lowest BCUT2D eigenvalue weighted by Crippen LogP contribution is -2.41. The maximum atomic E-state index is 6.13. The van der Waals surface area contributed by atoms with Crippen molar-refractivity contribution in [2.24, 2.45) is 17.8 Å². The minimum Gasteiger partial charge on any atom is -0.381 e. The van der Waals surface area contributed by atoms with Crippen LogP contribution in [0.5, 0.6) is 0 Å². The van der Waals surface area contributed by atoms with Crippen LogP contribution in [0.4, 0.5) is 0 Å². The van der Waals surface area contributed by atoms with Gasteiger partial charge in [0.2, 0.25) is 0 Å². The molecule has 2 aliphatic heterocycles. The predicted octanol–water partition coefficient (Wildman–Crippen LogP) is 3.50. The first-order chi connectivity index (χ1) is 10.7. The number of hydrogen-bond donors (Lipinski definition) is 0. The summed E-state index contributed by atoms with van der Waals surface area (Å²) >= 11 is 0. The highest BCUT2D eigenvalue weighted by atomic mass is 16.5. The van der Waals surface area contributed by atoms with Gasteiger partial charge in [-0.2, -0.15) is 0 Å². The fraction of sp³-hybridized carbons (Fsp3) is 0.895. The summed E-state index contributed by atoms with van der Waals surface area (Å²) in [5.41, 5.74) is 1.62. The molecule has 3 nitrogen and oxygen atoms in total. The molecule has 0 aromatic rings. The van der Waals surface area contributed by atoms with E-state index in [0.29, 0.717) is 12.0 Å². The third kappa shape index (κ3) is 4.33. The van der Waals surface area contributed by atoms with Crippen LogP contribution in [0, 0.1) is 17.8 Å². The van der Waals surface area contributed by atoms with Crippen LogP contribution < -0.4 is 0 Å². The zero-order chi connectivity index (χ0) is 15.4. The van der Waals surface area contributed by atoms with Crippen molar-refractivity contribution in [1.82, 2.24) is 4.90 Å². The highest BCUT2D eigenvalue weighted by Gasteiger charge is 2.27. The minimum atomic E-state index is 0.484. The van der Waals surface area contributed by atoms with Gasteiger partial charge >= 0.3 is 0 Å². The molecular formula is C19H33NO2. The lowest BCUT2D eigenvalue weighted by atomic mass is 9.79. The normalized spacial score (nSPS) is 34.8. The fourth-order valence-corrected chi connectivity index (χ4v) is 4.22. The van der Waals surface area contributed by atoms with Gasteiger partial charge in [-0.1, -0.05) is 18.6 Å². The SMILES string of the molecule is CC1=CCC[C@@H](C)[C@H]1CN1CCC(OC[C@@H]2CCOC2)CC1. The van der Waals surface area contributed by atoms with Gasteiger partial charge in [0.1, 0.15) is 0 Å². The average Bonchev–Trinajstić information content (AvgIpc) is 3.04. The number of likely N-dealkylation sites (tertiary alicyclic amines) is 1. The Balaban J connectivity index is 1.38. The summed E-state index contributed by atoms with van der Waals surface area (Å²) in [4.78, 5) is 2.67. The van der Waals surface area contributed by atoms with E-state index in [1.165, 1.54) is 51.7 Å². The van der Waals surface area contributed by atoms with E-state index in [4.69, 9.17) is 9.47 Å². The second-order valence-corrected chi connectivity index (χ2v) is 7.67. The second kappa shape index (κ2) is 7.94. The van der Waals surface area contributed by atoms with E-state index in [9.17, 15) is 0 Å². The summed E-state index contributed by atoms with van der Waals surface area (Å²) < 4.78 is 11.6. The molecule has 0 spiro atoms. The topological polar surface area (TPSA) is 21.7 Å². The van der Waals surface area contributed by atoms with E-state index in [-0.39, 0.29) is 0 Å². The molecule has 2 heterocycles. The Labute approximate surface area is 136 Å². The average molecular weight is 307 g/mol. The molecule has 0 N–H and O–H groups in total. The first kappa shape index (κ1) is 16.5. The standard InChI is InChI=1S/C19H33NO2/c1-15-4-3-5-16(2)19(15)12-20-9-6-18(7-10-20)22-14-17-8-11-21-13-17/h4,16-19H,3,5-14H2,1-2H3/t16-,17-,19+/m1/s1. The highest BCUT2D eigenvalue weighted by Crippen LogP contribution is 2.31. The van der Waals surface area contributed by atoms with Crippen molar-refractivity contribution in [3.63, 3.8) is 0 Å². The molecule has 22 heavy (non-hydrogen) atoms. The lowest BCUT2D eigenvalue weighted by molar-refractivity contribution is -0.0130. The Bertz CT molecular complexity index is 368. The molecule has 0 aromatic carbocycles. The summed E-state index contributed by atoms with van der Waals surface area (Å²) in [5, 5.41) is 0. The number of nitrogens with zero attached hydrogens (tertiary/aromatic N) is 1. The van der Waals surface area contributed by atoms with Crippen molar-refractivity contribution in [1.29, 1.82) is 0 Å². The summed E-state index contributed by atoms with van der Waals surface area (Å²) in [7, 11) is 0. The molecule has 0 unspecified atom stereocenters. The third-order valence-corrected chi connectivity index (χ3v) is 5.94. The first-order valence-electron chi connectivity index (χ1n) is 9.30. The van der Waals surface area contributed by atoms with Gasteiger partial charge in [-0.3, -0.25) is 0 Å². The Morgan fingerprint density at radius 1 is 1.23 bits per heavy atom. The second-order valence-electron chi connectivity index (χ2n) is 7.67. The molecule has 0 radical (unpaired) electrons. The Hall–Kier alpha value is -0.380. The molecule has 0 saturated carbocycles. The molecule has 3 heteroatoms. The third-order valence-electron chi connectivity index (χ3n) is 5.94. The van der Waals surface area contributed by atoms with Crippen molar-refractivity contribution < 1.29 is 9.47 Å². The largest absolute Gasteiger partial charge is 0.381 e. The van der Waals surface area contributed by atoms with Crippen molar-refractivity contribution in [2.45, 2.75) is 52.1 Å². The predicted molar refractivity (Wildman–Crippen MR) is 90.0 cm³/mol. The van der Waals surface area contributed by atoms with Crippen LogP contribution in [0.15, 0.2) is 11.6 Å². The van der Waals surface area contributed by atoms with E-state index in [1.807, 2.05) is 0 Å².